The number of hydrogen-bond donors (Lipinski definition) is 1. The molecule has 1 amide bonds. The number of amides is 1. The van der Waals surface area contributed by atoms with Crippen molar-refractivity contribution < 1.29 is 13.2 Å². The fourth-order valence-electron chi connectivity index (χ4n) is 2.68. The van der Waals surface area contributed by atoms with E-state index in [0.717, 1.165) is 11.3 Å². The molecule has 0 bridgehead atoms. The van der Waals surface area contributed by atoms with Crippen molar-refractivity contribution in [3.8, 4) is 11.3 Å². The molecule has 2 heterocycles. The summed E-state index contributed by atoms with van der Waals surface area (Å²) in [5.74, 6) is 0.279. The number of nitrogens with zero attached hydrogens (tertiary/aromatic N) is 2. The number of hydrogen-bond acceptors (Lipinski definition) is 5. The first-order valence-electron chi connectivity index (χ1n) is 8.07. The normalized spacial score (nSPS) is 18.2. The summed E-state index contributed by atoms with van der Waals surface area (Å²) in [6, 6.07) is 11.7. The average molecular weight is 357 g/mol. The van der Waals surface area contributed by atoms with Crippen molar-refractivity contribution in [2.24, 2.45) is 5.92 Å². The summed E-state index contributed by atoms with van der Waals surface area (Å²) in [6.45, 7) is 0.417. The van der Waals surface area contributed by atoms with Gasteiger partial charge in [-0.05, 0) is 6.07 Å². The predicted octanol–water partition coefficient (Wildman–Crippen LogP) is 1.75. The second-order valence-electron chi connectivity index (χ2n) is 5.95. The maximum atomic E-state index is 11.9. The van der Waals surface area contributed by atoms with Gasteiger partial charge in [-0.25, -0.2) is 18.4 Å². The maximum Gasteiger partial charge on any atom is 0.220 e. The molecule has 1 unspecified atom stereocenters. The summed E-state index contributed by atoms with van der Waals surface area (Å²) >= 11 is 0. The molecule has 2 aromatic rings. The lowest BCUT2D eigenvalue weighted by Gasteiger charge is -2.08. The number of benzene rings is 1. The van der Waals surface area contributed by atoms with Gasteiger partial charge in [-0.2, -0.15) is 0 Å². The highest BCUT2D eigenvalue weighted by Gasteiger charge is 2.23. The van der Waals surface area contributed by atoms with Gasteiger partial charge < -0.3 is 5.32 Å². The zero-order valence-corrected chi connectivity index (χ0v) is 14.4. The SMILES string of the molecule is O=C(CC1C=CS(=O)(=O)C1)NCCc1nccc(-c2ccccc2)n1. The van der Waals surface area contributed by atoms with Crippen molar-refractivity contribution in [1.82, 2.24) is 15.3 Å². The first-order valence-corrected chi connectivity index (χ1v) is 9.78. The lowest BCUT2D eigenvalue weighted by atomic mass is 10.1. The molecule has 1 N–H and O–H groups in total. The highest BCUT2D eigenvalue weighted by molar-refractivity contribution is 7.94. The minimum atomic E-state index is -3.12. The number of aromatic nitrogens is 2. The molecule has 1 aliphatic heterocycles. The maximum absolute atomic E-state index is 11.9. The van der Waals surface area contributed by atoms with E-state index >= 15 is 0 Å². The third-order valence-electron chi connectivity index (χ3n) is 3.90. The van der Waals surface area contributed by atoms with Gasteiger partial charge in [-0.15, -0.1) is 0 Å². The molecule has 25 heavy (non-hydrogen) atoms. The smallest absolute Gasteiger partial charge is 0.220 e. The van der Waals surface area contributed by atoms with Gasteiger partial charge in [0.1, 0.15) is 5.82 Å². The molecule has 1 aromatic carbocycles. The van der Waals surface area contributed by atoms with Crippen molar-refractivity contribution in [3.05, 3.63) is 59.9 Å². The molecule has 0 saturated carbocycles. The van der Waals surface area contributed by atoms with Crippen LogP contribution in [-0.2, 0) is 21.1 Å². The van der Waals surface area contributed by atoms with Crippen LogP contribution in [0.15, 0.2) is 54.1 Å². The molecule has 6 nitrogen and oxygen atoms in total. The Morgan fingerprint density at radius 2 is 2.00 bits per heavy atom. The van der Waals surface area contributed by atoms with Gasteiger partial charge in [0.25, 0.3) is 0 Å². The molecule has 3 rings (SSSR count). The highest BCUT2D eigenvalue weighted by atomic mass is 32.2. The van der Waals surface area contributed by atoms with E-state index in [9.17, 15) is 13.2 Å². The minimum absolute atomic E-state index is 0.0165. The highest BCUT2D eigenvalue weighted by Crippen LogP contribution is 2.18. The standard InChI is InChI=1S/C18H19N3O3S/c22-18(12-14-8-11-25(23,24)13-14)20-10-7-17-19-9-6-16(21-17)15-4-2-1-3-5-15/h1-6,8-9,11,14H,7,10,12-13H2,(H,20,22). The van der Waals surface area contributed by atoms with Crippen LogP contribution in [0.25, 0.3) is 11.3 Å². The zero-order valence-electron chi connectivity index (χ0n) is 13.6. The van der Waals surface area contributed by atoms with E-state index in [1.54, 1.807) is 12.3 Å². The van der Waals surface area contributed by atoms with Crippen LogP contribution in [0.4, 0.5) is 0 Å². The van der Waals surface area contributed by atoms with Gasteiger partial charge >= 0.3 is 0 Å². The molecule has 0 spiro atoms. The van der Waals surface area contributed by atoms with Crippen molar-refractivity contribution in [2.75, 3.05) is 12.3 Å². The summed E-state index contributed by atoms with van der Waals surface area (Å²) in [4.78, 5) is 20.6. The fourth-order valence-corrected chi connectivity index (χ4v) is 4.08. The summed E-state index contributed by atoms with van der Waals surface area (Å²) in [5.41, 5.74) is 1.86. The molecule has 0 aliphatic carbocycles. The third-order valence-corrected chi connectivity index (χ3v) is 5.36. The number of sulfone groups is 1. The van der Waals surface area contributed by atoms with Crippen LogP contribution in [-0.4, -0.2) is 36.6 Å². The van der Waals surface area contributed by atoms with E-state index in [1.165, 1.54) is 5.41 Å². The van der Waals surface area contributed by atoms with Crippen LogP contribution in [0.5, 0.6) is 0 Å². The van der Waals surface area contributed by atoms with Crippen LogP contribution in [0.2, 0.25) is 0 Å². The van der Waals surface area contributed by atoms with Gasteiger partial charge in [-0.3, -0.25) is 4.79 Å². The van der Waals surface area contributed by atoms with Crippen LogP contribution < -0.4 is 5.32 Å². The van der Waals surface area contributed by atoms with E-state index in [-0.39, 0.29) is 24.0 Å². The molecule has 0 saturated heterocycles. The van der Waals surface area contributed by atoms with Crippen LogP contribution in [0, 0.1) is 5.92 Å². The van der Waals surface area contributed by atoms with Crippen molar-refractivity contribution >= 4 is 15.7 Å². The van der Waals surface area contributed by atoms with E-state index in [1.807, 2.05) is 36.4 Å². The van der Waals surface area contributed by atoms with Gasteiger partial charge in [0, 0.05) is 42.5 Å². The minimum Gasteiger partial charge on any atom is -0.356 e. The van der Waals surface area contributed by atoms with E-state index in [0.29, 0.717) is 18.8 Å². The van der Waals surface area contributed by atoms with Crippen molar-refractivity contribution in [2.45, 2.75) is 12.8 Å². The summed E-state index contributed by atoms with van der Waals surface area (Å²) < 4.78 is 22.7. The number of carbonyl (C=O) groups is 1. The summed E-state index contributed by atoms with van der Waals surface area (Å²) in [7, 11) is -3.12. The molecule has 1 aliphatic rings. The second kappa shape index (κ2) is 7.57. The van der Waals surface area contributed by atoms with Crippen molar-refractivity contribution in [3.63, 3.8) is 0 Å². The Bertz CT molecular complexity index is 879. The monoisotopic (exact) mass is 357 g/mol. The second-order valence-corrected chi connectivity index (χ2v) is 7.88. The molecule has 0 radical (unpaired) electrons. The first kappa shape index (κ1) is 17.3. The van der Waals surface area contributed by atoms with E-state index < -0.39 is 9.84 Å². The Morgan fingerprint density at radius 1 is 1.20 bits per heavy atom. The number of nitrogens with one attached hydrogen (secondary N) is 1. The average Bonchev–Trinajstić information content (AvgIpc) is 2.94. The first-order chi connectivity index (χ1) is 12.0. The zero-order chi connectivity index (χ0) is 17.7. The Morgan fingerprint density at radius 3 is 2.72 bits per heavy atom. The molecule has 1 aromatic heterocycles. The number of allylic oxidation sites excluding steroid dienone is 1. The lowest BCUT2D eigenvalue weighted by Crippen LogP contribution is -2.28. The summed E-state index contributed by atoms with van der Waals surface area (Å²) in [6.07, 6.45) is 3.99. The fraction of sp³-hybridized carbons (Fsp3) is 0.278. The lowest BCUT2D eigenvalue weighted by molar-refractivity contribution is -0.121. The molecule has 1 atom stereocenters. The Kier molecular flexibility index (Phi) is 5.23. The number of carbonyl (C=O) groups excluding carboxylic acids is 1. The van der Waals surface area contributed by atoms with Crippen LogP contribution in [0.3, 0.4) is 0 Å². The van der Waals surface area contributed by atoms with Crippen LogP contribution >= 0.6 is 0 Å². The molecule has 130 valence electrons. The van der Waals surface area contributed by atoms with Gasteiger partial charge in [0.05, 0.1) is 11.4 Å². The Labute approximate surface area is 146 Å². The van der Waals surface area contributed by atoms with E-state index in [4.69, 9.17) is 0 Å². The Hall–Kier alpha value is -2.54. The van der Waals surface area contributed by atoms with E-state index in [2.05, 4.69) is 15.3 Å². The largest absolute Gasteiger partial charge is 0.356 e. The molecule has 0 fully saturated rings. The quantitative estimate of drug-likeness (QED) is 0.851. The molecular weight excluding hydrogens is 338 g/mol. The third kappa shape index (κ3) is 4.96. The van der Waals surface area contributed by atoms with Gasteiger partial charge in [0.2, 0.25) is 5.91 Å². The van der Waals surface area contributed by atoms with Crippen molar-refractivity contribution in [1.29, 1.82) is 0 Å². The predicted molar refractivity (Wildman–Crippen MR) is 95.2 cm³/mol. The van der Waals surface area contributed by atoms with Gasteiger partial charge in [0.15, 0.2) is 9.84 Å². The summed E-state index contributed by atoms with van der Waals surface area (Å²) in [5, 5.41) is 3.99. The topological polar surface area (TPSA) is 89.0 Å². The molecular formula is C18H19N3O3S. The Balaban J connectivity index is 1.49. The van der Waals surface area contributed by atoms with Crippen LogP contribution in [0.1, 0.15) is 12.2 Å². The van der Waals surface area contributed by atoms with Gasteiger partial charge in [-0.1, -0.05) is 36.4 Å². The number of rotatable bonds is 6. The molecule has 7 heteroatoms.